The second kappa shape index (κ2) is 9.88. The van der Waals surface area contributed by atoms with E-state index in [9.17, 15) is 4.39 Å². The van der Waals surface area contributed by atoms with Gasteiger partial charge >= 0.3 is 0 Å². The van der Waals surface area contributed by atoms with Crippen LogP contribution in [0.1, 0.15) is 32.3 Å². The standard InChI is InChI=1S/C20H33FN4O/c1-20(2,16-6-5-7-17(21)14-16)15-23-19(22-3)24-18-8-10-25(11-9-18)12-13-26-4/h5-7,14,18H,8-13,15H2,1-4H3,(H2,22,23,24). The van der Waals surface area contributed by atoms with Gasteiger partial charge in [0.1, 0.15) is 5.82 Å². The first-order valence-corrected chi connectivity index (χ1v) is 9.39. The van der Waals surface area contributed by atoms with Crippen LogP contribution in [-0.4, -0.2) is 63.8 Å². The Hall–Kier alpha value is -1.66. The van der Waals surface area contributed by atoms with Crippen molar-refractivity contribution in [2.24, 2.45) is 4.99 Å². The van der Waals surface area contributed by atoms with E-state index in [1.165, 1.54) is 6.07 Å². The quantitative estimate of drug-likeness (QED) is 0.576. The SMILES string of the molecule is CN=C(NCC(C)(C)c1cccc(F)c1)NC1CCN(CCOC)CC1. The topological polar surface area (TPSA) is 48.9 Å². The van der Waals surface area contributed by atoms with E-state index in [1.54, 1.807) is 26.3 Å². The van der Waals surface area contributed by atoms with Crippen LogP contribution in [0, 0.1) is 5.82 Å². The fourth-order valence-corrected chi connectivity index (χ4v) is 3.23. The number of hydrogen-bond donors (Lipinski definition) is 2. The normalized spacial score (nSPS) is 17.3. The lowest BCUT2D eigenvalue weighted by Gasteiger charge is -2.33. The molecule has 26 heavy (non-hydrogen) atoms. The average Bonchev–Trinajstić information content (AvgIpc) is 2.64. The monoisotopic (exact) mass is 364 g/mol. The van der Waals surface area contributed by atoms with Gasteiger partial charge in [-0.05, 0) is 30.5 Å². The smallest absolute Gasteiger partial charge is 0.191 e. The number of guanidine groups is 1. The van der Waals surface area contributed by atoms with Crippen molar-refractivity contribution in [3.05, 3.63) is 35.6 Å². The third kappa shape index (κ3) is 6.25. The van der Waals surface area contributed by atoms with E-state index >= 15 is 0 Å². The summed E-state index contributed by atoms with van der Waals surface area (Å²) in [4.78, 5) is 6.79. The molecule has 0 atom stereocenters. The number of halogens is 1. The van der Waals surface area contributed by atoms with Crippen LogP contribution in [0.4, 0.5) is 4.39 Å². The summed E-state index contributed by atoms with van der Waals surface area (Å²) < 4.78 is 18.7. The second-order valence-electron chi connectivity index (χ2n) is 7.57. The number of benzene rings is 1. The predicted molar refractivity (Wildman–Crippen MR) is 105 cm³/mol. The molecule has 0 bridgehead atoms. The summed E-state index contributed by atoms with van der Waals surface area (Å²) >= 11 is 0. The van der Waals surface area contributed by atoms with Crippen molar-refractivity contribution in [2.45, 2.75) is 38.1 Å². The Bertz CT molecular complexity index is 583. The second-order valence-corrected chi connectivity index (χ2v) is 7.57. The maximum Gasteiger partial charge on any atom is 0.191 e. The number of nitrogens with one attached hydrogen (secondary N) is 2. The van der Waals surface area contributed by atoms with Crippen LogP contribution in [0.5, 0.6) is 0 Å². The van der Waals surface area contributed by atoms with E-state index in [2.05, 4.69) is 34.4 Å². The van der Waals surface area contributed by atoms with Crippen LogP contribution in [0.25, 0.3) is 0 Å². The predicted octanol–water partition coefficient (Wildman–Crippen LogP) is 2.38. The molecule has 6 heteroatoms. The minimum absolute atomic E-state index is 0.191. The fraction of sp³-hybridized carbons (Fsp3) is 0.650. The molecular weight excluding hydrogens is 331 g/mol. The van der Waals surface area contributed by atoms with Gasteiger partial charge < -0.3 is 20.3 Å². The summed E-state index contributed by atoms with van der Waals surface area (Å²) in [7, 11) is 3.54. The Morgan fingerprint density at radius 2 is 2.08 bits per heavy atom. The Labute approximate surface area is 157 Å². The van der Waals surface area contributed by atoms with Crippen LogP contribution in [-0.2, 0) is 10.2 Å². The fourth-order valence-electron chi connectivity index (χ4n) is 3.23. The number of piperidine rings is 1. The van der Waals surface area contributed by atoms with Crippen LogP contribution in [0.3, 0.4) is 0 Å². The van der Waals surface area contributed by atoms with E-state index in [0.29, 0.717) is 12.6 Å². The minimum Gasteiger partial charge on any atom is -0.383 e. The summed E-state index contributed by atoms with van der Waals surface area (Å²) in [5, 5.41) is 6.93. The molecule has 0 radical (unpaired) electrons. The Kier molecular flexibility index (Phi) is 7.85. The van der Waals surface area contributed by atoms with Crippen molar-refractivity contribution in [3.8, 4) is 0 Å². The molecule has 0 saturated carbocycles. The number of aliphatic imine (C=N–C) groups is 1. The molecule has 0 aromatic heterocycles. The van der Waals surface area contributed by atoms with Crippen LogP contribution >= 0.6 is 0 Å². The zero-order valence-electron chi connectivity index (χ0n) is 16.5. The number of nitrogens with zero attached hydrogens (tertiary/aromatic N) is 2. The highest BCUT2D eigenvalue weighted by atomic mass is 19.1. The molecule has 1 aliphatic heterocycles. The van der Waals surface area contributed by atoms with Crippen LogP contribution in [0.2, 0.25) is 0 Å². The molecule has 0 unspecified atom stereocenters. The summed E-state index contributed by atoms with van der Waals surface area (Å²) in [5.41, 5.74) is 0.787. The third-order valence-electron chi connectivity index (χ3n) is 5.07. The number of likely N-dealkylation sites (tertiary alicyclic amines) is 1. The lowest BCUT2D eigenvalue weighted by atomic mass is 9.84. The molecule has 5 nitrogen and oxygen atoms in total. The molecular formula is C20H33FN4O. The lowest BCUT2D eigenvalue weighted by molar-refractivity contribution is 0.128. The number of ether oxygens (including phenoxy) is 1. The Balaban J connectivity index is 1.81. The Morgan fingerprint density at radius 1 is 1.35 bits per heavy atom. The molecule has 2 N–H and O–H groups in total. The highest BCUT2D eigenvalue weighted by molar-refractivity contribution is 5.80. The molecule has 146 valence electrons. The maximum atomic E-state index is 13.5. The average molecular weight is 365 g/mol. The van der Waals surface area contributed by atoms with Crippen LogP contribution in [0.15, 0.2) is 29.3 Å². The van der Waals surface area contributed by atoms with Crippen molar-refractivity contribution in [2.75, 3.05) is 46.9 Å². The maximum absolute atomic E-state index is 13.5. The first kappa shape index (κ1) is 20.6. The van der Waals surface area contributed by atoms with Gasteiger partial charge in [-0.3, -0.25) is 4.99 Å². The van der Waals surface area contributed by atoms with Gasteiger partial charge in [0, 0.05) is 51.8 Å². The molecule has 1 aliphatic rings. The molecule has 1 aromatic carbocycles. The van der Waals surface area contributed by atoms with Crippen molar-refractivity contribution >= 4 is 5.96 Å². The van der Waals surface area contributed by atoms with Crippen LogP contribution < -0.4 is 10.6 Å². The molecule has 1 aromatic rings. The number of hydrogen-bond acceptors (Lipinski definition) is 3. The molecule has 2 rings (SSSR count). The largest absolute Gasteiger partial charge is 0.383 e. The van der Waals surface area contributed by atoms with Crippen molar-refractivity contribution in [1.82, 2.24) is 15.5 Å². The molecule has 1 saturated heterocycles. The van der Waals surface area contributed by atoms with E-state index in [0.717, 1.165) is 50.6 Å². The van der Waals surface area contributed by atoms with E-state index < -0.39 is 0 Å². The minimum atomic E-state index is -0.196. The van der Waals surface area contributed by atoms with Gasteiger partial charge in [0.2, 0.25) is 0 Å². The molecule has 0 amide bonds. The first-order chi connectivity index (χ1) is 12.4. The molecule has 1 heterocycles. The summed E-state index contributed by atoms with van der Waals surface area (Å²) in [6, 6.07) is 7.24. The van der Waals surface area contributed by atoms with Crippen molar-refractivity contribution < 1.29 is 9.13 Å². The van der Waals surface area contributed by atoms with Gasteiger partial charge in [-0.15, -0.1) is 0 Å². The third-order valence-corrected chi connectivity index (χ3v) is 5.07. The highest BCUT2D eigenvalue weighted by Gasteiger charge is 2.23. The number of rotatable bonds is 7. The first-order valence-electron chi connectivity index (χ1n) is 9.39. The van der Waals surface area contributed by atoms with Gasteiger partial charge in [-0.2, -0.15) is 0 Å². The molecule has 0 spiro atoms. The molecule has 0 aliphatic carbocycles. The summed E-state index contributed by atoms with van der Waals surface area (Å²) in [6.45, 7) is 8.84. The van der Waals surface area contributed by atoms with E-state index in [4.69, 9.17) is 4.74 Å². The zero-order valence-corrected chi connectivity index (χ0v) is 16.5. The van der Waals surface area contributed by atoms with Gasteiger partial charge in [-0.25, -0.2) is 4.39 Å². The summed E-state index contributed by atoms with van der Waals surface area (Å²) in [5.74, 6) is 0.614. The summed E-state index contributed by atoms with van der Waals surface area (Å²) in [6.07, 6.45) is 2.19. The number of methoxy groups -OCH3 is 1. The van der Waals surface area contributed by atoms with E-state index in [1.807, 2.05) is 6.07 Å². The Morgan fingerprint density at radius 3 is 2.69 bits per heavy atom. The van der Waals surface area contributed by atoms with E-state index in [-0.39, 0.29) is 11.2 Å². The van der Waals surface area contributed by atoms with Crippen molar-refractivity contribution in [3.63, 3.8) is 0 Å². The zero-order chi connectivity index (χ0) is 19.0. The lowest BCUT2D eigenvalue weighted by Crippen LogP contribution is -2.50. The molecule has 1 fully saturated rings. The highest BCUT2D eigenvalue weighted by Crippen LogP contribution is 2.22. The van der Waals surface area contributed by atoms with Gasteiger partial charge in [0.15, 0.2) is 5.96 Å². The van der Waals surface area contributed by atoms with Gasteiger partial charge in [0.05, 0.1) is 6.61 Å². The van der Waals surface area contributed by atoms with Crippen molar-refractivity contribution in [1.29, 1.82) is 0 Å². The van der Waals surface area contributed by atoms with Gasteiger partial charge in [0.25, 0.3) is 0 Å². The van der Waals surface area contributed by atoms with Gasteiger partial charge in [-0.1, -0.05) is 26.0 Å².